The standard InChI is InChI=1S/C20H40FIO7/c21-5-8-24-10-12-26-14-16-28-18-20-29-19-17-27-15-13-25-11-9-23-7-4-2-1-3-6-22/h1-20H2. The molecule has 29 heavy (non-hydrogen) atoms. The first-order valence-corrected chi connectivity index (χ1v) is 12.1. The van der Waals surface area contributed by atoms with Gasteiger partial charge in [0.05, 0.1) is 85.9 Å². The van der Waals surface area contributed by atoms with Crippen LogP contribution in [0, 0.1) is 0 Å². The highest BCUT2D eigenvalue weighted by Gasteiger charge is 1.95. The maximum Gasteiger partial charge on any atom is 0.113 e. The summed E-state index contributed by atoms with van der Waals surface area (Å²) in [5.41, 5.74) is 0. The number of rotatable bonds is 26. The molecule has 0 rings (SSSR count). The summed E-state index contributed by atoms with van der Waals surface area (Å²) in [6.07, 6.45) is 4.99. The van der Waals surface area contributed by atoms with Crippen LogP contribution in [0.15, 0.2) is 0 Å². The fraction of sp³-hybridized carbons (Fsp3) is 1.00. The summed E-state index contributed by atoms with van der Waals surface area (Å²) < 4.78 is 50.4. The molecule has 0 heterocycles. The topological polar surface area (TPSA) is 64.6 Å². The second kappa shape index (κ2) is 28.4. The normalized spacial score (nSPS) is 11.4. The van der Waals surface area contributed by atoms with E-state index in [9.17, 15) is 4.39 Å². The molecule has 0 aliphatic carbocycles. The van der Waals surface area contributed by atoms with Crippen molar-refractivity contribution < 1.29 is 37.5 Å². The van der Waals surface area contributed by atoms with E-state index in [1.165, 1.54) is 23.7 Å². The SMILES string of the molecule is FCCOCCOCCOCCOCCOCCOCCOCCCCCCI. The Labute approximate surface area is 189 Å². The van der Waals surface area contributed by atoms with Gasteiger partial charge in [-0.05, 0) is 17.3 Å². The predicted molar refractivity (Wildman–Crippen MR) is 119 cm³/mol. The van der Waals surface area contributed by atoms with Crippen LogP contribution in [0.2, 0.25) is 0 Å². The highest BCUT2D eigenvalue weighted by molar-refractivity contribution is 14.1. The maximum absolute atomic E-state index is 11.8. The van der Waals surface area contributed by atoms with Crippen LogP contribution >= 0.6 is 22.6 Å². The maximum atomic E-state index is 11.8. The highest BCUT2D eigenvalue weighted by Crippen LogP contribution is 2.02. The molecule has 0 radical (unpaired) electrons. The molecule has 9 heteroatoms. The van der Waals surface area contributed by atoms with Gasteiger partial charge in [-0.1, -0.05) is 35.4 Å². The molecule has 0 aromatic rings. The van der Waals surface area contributed by atoms with Crippen LogP contribution in [-0.4, -0.2) is 104 Å². The molecule has 7 nitrogen and oxygen atoms in total. The smallest absolute Gasteiger partial charge is 0.113 e. The molecule has 0 N–H and O–H groups in total. The van der Waals surface area contributed by atoms with Gasteiger partial charge in [-0.3, -0.25) is 0 Å². The minimum atomic E-state index is -0.462. The van der Waals surface area contributed by atoms with Crippen molar-refractivity contribution in [3.63, 3.8) is 0 Å². The average Bonchev–Trinajstić information content (AvgIpc) is 2.74. The first-order chi connectivity index (χ1) is 14.4. The summed E-state index contributed by atoms with van der Waals surface area (Å²) in [4.78, 5) is 0. The minimum Gasteiger partial charge on any atom is -0.379 e. The largest absolute Gasteiger partial charge is 0.379 e. The monoisotopic (exact) mass is 538 g/mol. The molecular formula is C20H40FIO7. The molecule has 0 aromatic heterocycles. The molecule has 0 saturated heterocycles. The van der Waals surface area contributed by atoms with Crippen molar-refractivity contribution in [1.82, 2.24) is 0 Å². The number of halogens is 2. The zero-order valence-electron chi connectivity index (χ0n) is 17.8. The number of hydrogen-bond acceptors (Lipinski definition) is 7. The Hall–Kier alpha value is 0.380. The number of alkyl halides is 2. The van der Waals surface area contributed by atoms with Gasteiger partial charge >= 0.3 is 0 Å². The number of unbranched alkanes of at least 4 members (excludes halogenated alkanes) is 3. The molecule has 176 valence electrons. The molecule has 0 fully saturated rings. The third-order valence-corrected chi connectivity index (χ3v) is 4.39. The molecule has 0 spiro atoms. The second-order valence-corrected chi connectivity index (χ2v) is 7.16. The lowest BCUT2D eigenvalue weighted by atomic mass is 10.2. The van der Waals surface area contributed by atoms with E-state index in [1.807, 2.05) is 0 Å². The van der Waals surface area contributed by atoms with Crippen molar-refractivity contribution in [2.45, 2.75) is 25.7 Å². The van der Waals surface area contributed by atoms with Gasteiger partial charge in [0.1, 0.15) is 6.67 Å². The molecule has 0 atom stereocenters. The minimum absolute atomic E-state index is 0.127. The van der Waals surface area contributed by atoms with Crippen LogP contribution in [0.25, 0.3) is 0 Å². The van der Waals surface area contributed by atoms with Gasteiger partial charge < -0.3 is 33.2 Å². The summed E-state index contributed by atoms with van der Waals surface area (Å²) in [6, 6.07) is 0. The Balaban J connectivity index is 2.97. The lowest BCUT2D eigenvalue weighted by Gasteiger charge is -2.08. The Morgan fingerprint density at radius 2 is 0.690 bits per heavy atom. The first-order valence-electron chi connectivity index (χ1n) is 10.6. The summed E-state index contributed by atoms with van der Waals surface area (Å²) in [7, 11) is 0. The molecule has 0 bridgehead atoms. The summed E-state index contributed by atoms with van der Waals surface area (Å²) in [5, 5.41) is 0. The van der Waals surface area contributed by atoms with E-state index < -0.39 is 6.67 Å². The Kier molecular flexibility index (Phi) is 28.8. The van der Waals surface area contributed by atoms with E-state index in [0.717, 1.165) is 13.0 Å². The van der Waals surface area contributed by atoms with Gasteiger partial charge in [-0.2, -0.15) is 0 Å². The van der Waals surface area contributed by atoms with Crippen molar-refractivity contribution in [2.24, 2.45) is 0 Å². The van der Waals surface area contributed by atoms with Crippen molar-refractivity contribution in [3.05, 3.63) is 0 Å². The zero-order valence-corrected chi connectivity index (χ0v) is 19.9. The molecule has 0 aliphatic rings. The lowest BCUT2D eigenvalue weighted by molar-refractivity contribution is -0.0208. The van der Waals surface area contributed by atoms with Gasteiger partial charge in [0, 0.05) is 6.61 Å². The van der Waals surface area contributed by atoms with Crippen LogP contribution in [-0.2, 0) is 33.2 Å². The summed E-state index contributed by atoms with van der Waals surface area (Å²) in [6.45, 7) is 6.84. The molecule has 0 saturated carbocycles. The molecule has 0 aromatic carbocycles. The highest BCUT2D eigenvalue weighted by atomic mass is 127. The Morgan fingerprint density at radius 1 is 0.379 bits per heavy atom. The first kappa shape index (κ1) is 29.4. The fourth-order valence-electron chi connectivity index (χ4n) is 2.13. The van der Waals surface area contributed by atoms with Crippen molar-refractivity contribution in [1.29, 1.82) is 0 Å². The quantitative estimate of drug-likeness (QED) is 0.0954. The summed E-state index contributed by atoms with van der Waals surface area (Å²) >= 11 is 2.41. The fourth-order valence-corrected chi connectivity index (χ4v) is 2.67. The van der Waals surface area contributed by atoms with E-state index in [2.05, 4.69) is 22.6 Å². The Morgan fingerprint density at radius 3 is 1.03 bits per heavy atom. The van der Waals surface area contributed by atoms with E-state index in [1.54, 1.807) is 0 Å². The van der Waals surface area contributed by atoms with Crippen LogP contribution in [0.5, 0.6) is 0 Å². The van der Waals surface area contributed by atoms with Gasteiger partial charge in [-0.25, -0.2) is 4.39 Å². The molecule has 0 amide bonds. The average molecular weight is 538 g/mol. The van der Waals surface area contributed by atoms with Crippen LogP contribution in [0.3, 0.4) is 0 Å². The molecule has 0 unspecified atom stereocenters. The third-order valence-electron chi connectivity index (χ3n) is 3.63. The van der Waals surface area contributed by atoms with Crippen molar-refractivity contribution in [3.8, 4) is 0 Å². The van der Waals surface area contributed by atoms with Crippen LogP contribution in [0.1, 0.15) is 25.7 Å². The van der Waals surface area contributed by atoms with E-state index >= 15 is 0 Å². The number of ether oxygens (including phenoxy) is 7. The van der Waals surface area contributed by atoms with Gasteiger partial charge in [0.25, 0.3) is 0 Å². The van der Waals surface area contributed by atoms with E-state index in [-0.39, 0.29) is 6.61 Å². The van der Waals surface area contributed by atoms with Gasteiger partial charge in [-0.15, -0.1) is 0 Å². The number of hydrogen-bond donors (Lipinski definition) is 0. The van der Waals surface area contributed by atoms with E-state index in [4.69, 9.17) is 33.2 Å². The van der Waals surface area contributed by atoms with Crippen molar-refractivity contribution >= 4 is 22.6 Å². The summed E-state index contributed by atoms with van der Waals surface area (Å²) in [5.74, 6) is 0. The lowest BCUT2D eigenvalue weighted by Crippen LogP contribution is -2.14. The van der Waals surface area contributed by atoms with Crippen LogP contribution < -0.4 is 0 Å². The molecular weight excluding hydrogens is 498 g/mol. The predicted octanol–water partition coefficient (Wildman–Crippen LogP) is 3.07. The van der Waals surface area contributed by atoms with Crippen molar-refractivity contribution in [2.75, 3.05) is 104 Å². The van der Waals surface area contributed by atoms with Gasteiger partial charge in [0.2, 0.25) is 0 Å². The van der Waals surface area contributed by atoms with Crippen LogP contribution in [0.4, 0.5) is 4.39 Å². The second-order valence-electron chi connectivity index (χ2n) is 6.08. The van der Waals surface area contributed by atoms with E-state index in [0.29, 0.717) is 79.3 Å². The molecule has 0 aliphatic heterocycles. The van der Waals surface area contributed by atoms with Gasteiger partial charge in [0.15, 0.2) is 0 Å². The Bertz CT molecular complexity index is 266. The third kappa shape index (κ3) is 28.4. The zero-order chi connectivity index (χ0) is 21.1.